The maximum Gasteiger partial charge on any atom is 0.338 e. The highest BCUT2D eigenvalue weighted by Gasteiger charge is 2.63. The van der Waals surface area contributed by atoms with E-state index in [1.807, 2.05) is 37.4 Å². The van der Waals surface area contributed by atoms with Crippen LogP contribution in [0.4, 0.5) is 0 Å². The lowest BCUT2D eigenvalue weighted by Crippen LogP contribution is -2.61. The van der Waals surface area contributed by atoms with E-state index >= 15 is 0 Å². The number of piperidine rings is 1. The van der Waals surface area contributed by atoms with Crippen molar-refractivity contribution in [2.45, 2.75) is 84.8 Å². The summed E-state index contributed by atoms with van der Waals surface area (Å²) >= 11 is 0. The van der Waals surface area contributed by atoms with Crippen molar-refractivity contribution in [1.29, 1.82) is 0 Å². The third-order valence-corrected chi connectivity index (χ3v) is 10.8. The fourth-order valence-corrected chi connectivity index (χ4v) is 9.44. The van der Waals surface area contributed by atoms with Crippen molar-refractivity contribution in [1.82, 2.24) is 4.90 Å². The average molecular weight is 452 g/mol. The number of carbonyl (C=O) groups is 2. The molecule has 180 valence electrons. The van der Waals surface area contributed by atoms with Gasteiger partial charge in [-0.05, 0) is 92.1 Å². The maximum absolute atomic E-state index is 12.8. The third kappa shape index (κ3) is 3.46. The lowest BCUT2D eigenvalue weighted by atomic mass is 9.46. The number of ether oxygens (including phenoxy) is 1. The molecule has 1 heterocycles. The fourth-order valence-electron chi connectivity index (χ4n) is 9.44. The van der Waals surface area contributed by atoms with Crippen LogP contribution in [0, 0.1) is 40.4 Å². The first kappa shape index (κ1) is 22.9. The van der Waals surface area contributed by atoms with Crippen LogP contribution >= 0.6 is 0 Å². The van der Waals surface area contributed by atoms with Crippen molar-refractivity contribution in [3.63, 3.8) is 0 Å². The van der Waals surface area contributed by atoms with Gasteiger partial charge in [0, 0.05) is 25.4 Å². The molecule has 1 aromatic rings. The number of nitrogens with zero attached hydrogens (tertiary/aromatic N) is 1. The molecule has 0 radical (unpaired) electrons. The molecule has 1 amide bonds. The van der Waals surface area contributed by atoms with Gasteiger partial charge >= 0.3 is 5.97 Å². The Kier molecular flexibility index (Phi) is 5.65. The summed E-state index contributed by atoms with van der Waals surface area (Å²) in [5.74, 6) is 3.22. The quantitative estimate of drug-likeness (QED) is 0.533. The molecule has 4 fully saturated rings. The minimum absolute atomic E-state index is 0.0791. The van der Waals surface area contributed by atoms with E-state index in [9.17, 15) is 9.59 Å². The Morgan fingerprint density at radius 2 is 1.79 bits per heavy atom. The van der Waals surface area contributed by atoms with E-state index in [1.165, 1.54) is 25.7 Å². The van der Waals surface area contributed by atoms with Crippen molar-refractivity contribution < 1.29 is 14.3 Å². The number of amides is 1. The molecule has 0 spiro atoms. The minimum atomic E-state index is -0.195. The van der Waals surface area contributed by atoms with Gasteiger partial charge < -0.3 is 9.64 Å². The van der Waals surface area contributed by atoms with E-state index in [-0.39, 0.29) is 22.9 Å². The van der Waals surface area contributed by atoms with Gasteiger partial charge in [0.2, 0.25) is 5.91 Å². The maximum atomic E-state index is 12.8. The Morgan fingerprint density at radius 3 is 2.52 bits per heavy atom. The van der Waals surface area contributed by atoms with Crippen LogP contribution in [-0.4, -0.2) is 36.0 Å². The number of hydrogen-bond donors (Lipinski definition) is 0. The molecular weight excluding hydrogens is 410 g/mol. The van der Waals surface area contributed by atoms with Gasteiger partial charge in [-0.2, -0.15) is 0 Å². The molecule has 0 unspecified atom stereocenters. The van der Waals surface area contributed by atoms with Crippen molar-refractivity contribution in [3.05, 3.63) is 35.9 Å². The van der Waals surface area contributed by atoms with Crippen LogP contribution in [0.15, 0.2) is 30.3 Å². The molecule has 3 saturated carbocycles. The molecule has 1 saturated heterocycles. The molecule has 4 aliphatic rings. The Morgan fingerprint density at radius 1 is 1.06 bits per heavy atom. The van der Waals surface area contributed by atoms with Gasteiger partial charge in [-0.1, -0.05) is 39.0 Å². The summed E-state index contributed by atoms with van der Waals surface area (Å²) in [6, 6.07) is 9.81. The molecule has 1 aliphatic heterocycles. The van der Waals surface area contributed by atoms with Gasteiger partial charge in [-0.25, -0.2) is 4.79 Å². The zero-order valence-electron chi connectivity index (χ0n) is 21.0. The zero-order chi connectivity index (χ0) is 23.5. The molecule has 9 atom stereocenters. The Labute approximate surface area is 199 Å². The molecule has 4 nitrogen and oxygen atoms in total. The smallest absolute Gasteiger partial charge is 0.338 e. The topological polar surface area (TPSA) is 46.6 Å². The summed E-state index contributed by atoms with van der Waals surface area (Å²) in [5.41, 5.74) is 1.11. The second-order valence-electron chi connectivity index (χ2n) is 12.2. The zero-order valence-corrected chi connectivity index (χ0v) is 21.0. The van der Waals surface area contributed by atoms with Crippen molar-refractivity contribution in [3.8, 4) is 0 Å². The first-order chi connectivity index (χ1) is 15.7. The highest BCUT2D eigenvalue weighted by molar-refractivity contribution is 5.89. The molecular formula is C29H41NO3. The fraction of sp³-hybridized carbons (Fsp3) is 0.724. The molecule has 4 heteroatoms. The van der Waals surface area contributed by atoms with Crippen molar-refractivity contribution >= 4 is 11.9 Å². The average Bonchev–Trinajstić information content (AvgIpc) is 3.07. The lowest BCUT2D eigenvalue weighted by Gasteiger charge is -2.62. The molecule has 33 heavy (non-hydrogen) atoms. The van der Waals surface area contributed by atoms with E-state index in [2.05, 4.69) is 32.6 Å². The molecule has 1 aromatic carbocycles. The first-order valence-electron chi connectivity index (χ1n) is 13.2. The van der Waals surface area contributed by atoms with E-state index < -0.39 is 0 Å². The lowest BCUT2D eigenvalue weighted by molar-refractivity contribution is -0.159. The number of hydrogen-bond acceptors (Lipinski definition) is 3. The van der Waals surface area contributed by atoms with Gasteiger partial charge in [0.25, 0.3) is 0 Å². The predicted octanol–water partition coefficient (Wildman–Crippen LogP) is 5.96. The molecule has 0 bridgehead atoms. The second kappa shape index (κ2) is 8.13. The monoisotopic (exact) mass is 451 g/mol. The van der Waals surface area contributed by atoms with Gasteiger partial charge in [0.15, 0.2) is 0 Å². The molecule has 5 rings (SSSR count). The van der Waals surface area contributed by atoms with Crippen LogP contribution in [0.25, 0.3) is 0 Å². The van der Waals surface area contributed by atoms with Crippen LogP contribution in [0.5, 0.6) is 0 Å². The van der Waals surface area contributed by atoms with Crippen LogP contribution < -0.4 is 0 Å². The van der Waals surface area contributed by atoms with Gasteiger partial charge in [0.05, 0.1) is 5.56 Å². The van der Waals surface area contributed by atoms with Gasteiger partial charge in [-0.3, -0.25) is 4.79 Å². The Hall–Kier alpha value is -1.84. The summed E-state index contributed by atoms with van der Waals surface area (Å²) < 4.78 is 6.09. The van der Waals surface area contributed by atoms with Crippen LogP contribution in [0.3, 0.4) is 0 Å². The van der Waals surface area contributed by atoms with E-state index in [1.54, 1.807) is 0 Å². The van der Waals surface area contributed by atoms with Crippen LogP contribution in [0.2, 0.25) is 0 Å². The summed E-state index contributed by atoms with van der Waals surface area (Å²) in [5, 5.41) is 0. The highest BCUT2D eigenvalue weighted by Crippen LogP contribution is 2.67. The second-order valence-corrected chi connectivity index (χ2v) is 12.2. The first-order valence-corrected chi connectivity index (χ1v) is 13.2. The van der Waals surface area contributed by atoms with Crippen molar-refractivity contribution in [2.75, 3.05) is 7.05 Å². The summed E-state index contributed by atoms with van der Waals surface area (Å²) in [6.07, 6.45) is 7.76. The third-order valence-electron chi connectivity index (χ3n) is 10.8. The molecule has 0 aromatic heterocycles. The van der Waals surface area contributed by atoms with E-state index in [4.69, 9.17) is 4.74 Å². The Bertz CT molecular complexity index is 915. The summed E-state index contributed by atoms with van der Waals surface area (Å²) in [4.78, 5) is 27.3. The standard InChI is InChI=1S/C29H41NO3/c1-18-17-23-21-11-12-24-28(3,16-14-25(31)30(24)5)22(21)13-15-29(23,4)26(18)19(2)33-27(32)20-9-7-6-8-10-20/h6-10,18-19,21-24,26H,11-17H2,1-5H3/t18-,19+,21+,22-,23-,24+,26+,28+,29-/m0/s1. The van der Waals surface area contributed by atoms with E-state index in [0.717, 1.165) is 18.8 Å². The molecule has 3 aliphatic carbocycles. The summed E-state index contributed by atoms with van der Waals surface area (Å²) in [7, 11) is 2.04. The Balaban J connectivity index is 1.36. The number of likely N-dealkylation sites (tertiary alicyclic amines) is 1. The number of esters is 1. The number of carbonyl (C=O) groups excluding carboxylic acids is 2. The number of benzene rings is 1. The van der Waals surface area contributed by atoms with Crippen LogP contribution in [0.1, 0.15) is 83.0 Å². The summed E-state index contributed by atoms with van der Waals surface area (Å²) in [6.45, 7) is 9.50. The molecule has 0 N–H and O–H groups in total. The van der Waals surface area contributed by atoms with Gasteiger partial charge in [-0.15, -0.1) is 0 Å². The predicted molar refractivity (Wildman–Crippen MR) is 130 cm³/mol. The SMILES string of the molecule is C[C@H]1C[C@H]2[C@@H]3CC[C@H]4N(C)C(=O)CC[C@]4(C)[C@H]3CC[C@]2(C)[C@H]1[C@@H](C)OC(=O)c1ccccc1. The number of fused-ring (bicyclic) bond motifs is 5. The van der Waals surface area contributed by atoms with Crippen molar-refractivity contribution in [2.24, 2.45) is 40.4 Å². The van der Waals surface area contributed by atoms with Crippen LogP contribution in [-0.2, 0) is 9.53 Å². The van der Waals surface area contributed by atoms with E-state index in [0.29, 0.717) is 47.6 Å². The van der Waals surface area contributed by atoms with Gasteiger partial charge in [0.1, 0.15) is 6.10 Å². The minimum Gasteiger partial charge on any atom is -0.459 e. The number of rotatable bonds is 3. The normalized spacial score (nSPS) is 43.3. The largest absolute Gasteiger partial charge is 0.459 e. The highest BCUT2D eigenvalue weighted by atomic mass is 16.5.